The summed E-state index contributed by atoms with van der Waals surface area (Å²) in [6.45, 7) is 1.76. The zero-order valence-corrected chi connectivity index (χ0v) is 14.6. The SMILES string of the molecule is CNCC(=O)N1CCC2(CC1)C[C@H](Cc1ccccc1)N(C)C2=O. The highest BCUT2D eigenvalue weighted by Crippen LogP contribution is 2.44. The summed E-state index contributed by atoms with van der Waals surface area (Å²) < 4.78 is 0. The first-order valence-corrected chi connectivity index (χ1v) is 8.79. The van der Waals surface area contributed by atoms with E-state index in [1.807, 2.05) is 35.0 Å². The van der Waals surface area contributed by atoms with E-state index < -0.39 is 0 Å². The third-order valence-electron chi connectivity index (χ3n) is 5.66. The molecule has 1 spiro atoms. The quantitative estimate of drug-likeness (QED) is 0.906. The maximum absolute atomic E-state index is 12.9. The largest absolute Gasteiger partial charge is 0.342 e. The second-order valence-corrected chi connectivity index (χ2v) is 7.16. The summed E-state index contributed by atoms with van der Waals surface area (Å²) in [4.78, 5) is 28.7. The molecule has 2 aliphatic heterocycles. The number of likely N-dealkylation sites (tertiary alicyclic amines) is 2. The molecular formula is C19H27N3O2. The van der Waals surface area contributed by atoms with Gasteiger partial charge in [-0.3, -0.25) is 9.59 Å². The Morgan fingerprint density at radius 3 is 2.54 bits per heavy atom. The number of hydrogen-bond donors (Lipinski definition) is 1. The summed E-state index contributed by atoms with van der Waals surface area (Å²) in [6, 6.07) is 10.6. The van der Waals surface area contributed by atoms with Gasteiger partial charge in [0.25, 0.3) is 0 Å². The number of carbonyl (C=O) groups is 2. The van der Waals surface area contributed by atoms with Gasteiger partial charge in [0.2, 0.25) is 11.8 Å². The smallest absolute Gasteiger partial charge is 0.236 e. The number of nitrogens with zero attached hydrogens (tertiary/aromatic N) is 2. The molecule has 1 N–H and O–H groups in total. The number of hydrogen-bond acceptors (Lipinski definition) is 3. The first-order valence-electron chi connectivity index (χ1n) is 8.79. The summed E-state index contributed by atoms with van der Waals surface area (Å²) >= 11 is 0. The van der Waals surface area contributed by atoms with Crippen LogP contribution < -0.4 is 5.32 Å². The highest BCUT2D eigenvalue weighted by molar-refractivity contribution is 5.86. The Balaban J connectivity index is 1.65. The Bertz CT molecular complexity index is 594. The number of amides is 2. The molecule has 0 aromatic heterocycles. The third kappa shape index (κ3) is 3.18. The molecule has 0 aliphatic carbocycles. The van der Waals surface area contributed by atoms with Gasteiger partial charge in [0.1, 0.15) is 0 Å². The average Bonchev–Trinajstić information content (AvgIpc) is 2.82. The third-order valence-corrected chi connectivity index (χ3v) is 5.66. The Morgan fingerprint density at radius 1 is 1.25 bits per heavy atom. The van der Waals surface area contributed by atoms with Crippen molar-refractivity contribution in [2.45, 2.75) is 31.7 Å². The molecule has 3 rings (SSSR count). The van der Waals surface area contributed by atoms with Crippen molar-refractivity contribution >= 4 is 11.8 Å². The van der Waals surface area contributed by atoms with Gasteiger partial charge in [0.15, 0.2) is 0 Å². The second-order valence-electron chi connectivity index (χ2n) is 7.16. The Morgan fingerprint density at radius 2 is 1.92 bits per heavy atom. The Hall–Kier alpha value is -1.88. The molecular weight excluding hydrogens is 302 g/mol. The Labute approximate surface area is 144 Å². The van der Waals surface area contributed by atoms with Crippen LogP contribution in [0.25, 0.3) is 0 Å². The zero-order chi connectivity index (χ0) is 17.2. The van der Waals surface area contributed by atoms with Gasteiger partial charge in [0, 0.05) is 26.2 Å². The minimum Gasteiger partial charge on any atom is -0.342 e. The van der Waals surface area contributed by atoms with Gasteiger partial charge in [-0.2, -0.15) is 0 Å². The molecule has 2 heterocycles. The van der Waals surface area contributed by atoms with Crippen molar-refractivity contribution in [2.75, 3.05) is 33.7 Å². The number of rotatable bonds is 4. The van der Waals surface area contributed by atoms with Gasteiger partial charge in [-0.25, -0.2) is 0 Å². The Kier molecular flexibility index (Phi) is 4.90. The van der Waals surface area contributed by atoms with Crippen molar-refractivity contribution in [2.24, 2.45) is 5.41 Å². The number of carbonyl (C=O) groups excluding carboxylic acids is 2. The topological polar surface area (TPSA) is 52.7 Å². The molecule has 1 aromatic rings. The maximum Gasteiger partial charge on any atom is 0.236 e. The van der Waals surface area contributed by atoms with Gasteiger partial charge in [-0.15, -0.1) is 0 Å². The van der Waals surface area contributed by atoms with Crippen molar-refractivity contribution < 1.29 is 9.59 Å². The molecule has 0 unspecified atom stereocenters. The first-order chi connectivity index (χ1) is 11.6. The molecule has 2 saturated heterocycles. The van der Waals surface area contributed by atoms with E-state index in [0.29, 0.717) is 19.6 Å². The molecule has 0 radical (unpaired) electrons. The van der Waals surface area contributed by atoms with Crippen LogP contribution in [0, 0.1) is 5.41 Å². The molecule has 5 nitrogen and oxygen atoms in total. The summed E-state index contributed by atoms with van der Waals surface area (Å²) in [5.74, 6) is 0.399. The predicted molar refractivity (Wildman–Crippen MR) is 93.5 cm³/mol. The van der Waals surface area contributed by atoms with E-state index in [1.54, 1.807) is 7.05 Å². The lowest BCUT2D eigenvalue weighted by atomic mass is 9.75. The standard InChI is InChI=1S/C19H27N3O2/c1-20-14-17(23)22-10-8-19(9-11-22)13-16(21(2)18(19)24)12-15-6-4-3-5-7-15/h3-7,16,20H,8-14H2,1-2H3/t16-/m0/s1. The van der Waals surface area contributed by atoms with Crippen molar-refractivity contribution in [3.63, 3.8) is 0 Å². The van der Waals surface area contributed by atoms with Crippen LogP contribution in [0.5, 0.6) is 0 Å². The fraction of sp³-hybridized carbons (Fsp3) is 0.579. The minimum absolute atomic E-state index is 0.131. The van der Waals surface area contributed by atoms with Crippen molar-refractivity contribution in [1.82, 2.24) is 15.1 Å². The van der Waals surface area contributed by atoms with E-state index >= 15 is 0 Å². The van der Waals surface area contributed by atoms with Gasteiger partial charge < -0.3 is 15.1 Å². The van der Waals surface area contributed by atoms with Crippen LogP contribution >= 0.6 is 0 Å². The average molecular weight is 329 g/mol. The lowest BCUT2D eigenvalue weighted by Crippen LogP contribution is -2.48. The summed E-state index contributed by atoms with van der Waals surface area (Å²) in [5, 5.41) is 2.91. The van der Waals surface area contributed by atoms with E-state index in [1.165, 1.54) is 5.56 Å². The molecule has 130 valence electrons. The lowest BCUT2D eigenvalue weighted by molar-refractivity contribution is -0.141. The minimum atomic E-state index is -0.259. The molecule has 0 saturated carbocycles. The predicted octanol–water partition coefficient (Wildman–Crippen LogP) is 1.29. The van der Waals surface area contributed by atoms with Crippen LogP contribution in [-0.2, 0) is 16.0 Å². The van der Waals surface area contributed by atoms with Crippen LogP contribution in [0.15, 0.2) is 30.3 Å². The van der Waals surface area contributed by atoms with E-state index in [2.05, 4.69) is 17.4 Å². The first kappa shape index (κ1) is 17.0. The number of nitrogens with one attached hydrogen (secondary N) is 1. The number of piperidine rings is 1. The van der Waals surface area contributed by atoms with Crippen molar-refractivity contribution in [1.29, 1.82) is 0 Å². The second kappa shape index (κ2) is 6.93. The van der Waals surface area contributed by atoms with E-state index in [4.69, 9.17) is 0 Å². The fourth-order valence-electron chi connectivity index (χ4n) is 4.18. The molecule has 1 aromatic carbocycles. The van der Waals surface area contributed by atoms with Crippen molar-refractivity contribution in [3.05, 3.63) is 35.9 Å². The van der Waals surface area contributed by atoms with Gasteiger partial charge in [0.05, 0.1) is 12.0 Å². The van der Waals surface area contributed by atoms with E-state index in [9.17, 15) is 9.59 Å². The highest BCUT2D eigenvalue weighted by Gasteiger charge is 2.51. The molecule has 2 amide bonds. The van der Waals surface area contributed by atoms with E-state index in [-0.39, 0.29) is 23.3 Å². The summed E-state index contributed by atoms with van der Waals surface area (Å²) in [7, 11) is 3.72. The number of benzene rings is 1. The van der Waals surface area contributed by atoms with Gasteiger partial charge in [-0.1, -0.05) is 30.3 Å². The maximum atomic E-state index is 12.9. The summed E-state index contributed by atoms with van der Waals surface area (Å²) in [5.41, 5.74) is 1.02. The van der Waals surface area contributed by atoms with Gasteiger partial charge >= 0.3 is 0 Å². The van der Waals surface area contributed by atoms with Crippen LogP contribution in [0.2, 0.25) is 0 Å². The van der Waals surface area contributed by atoms with Crippen LogP contribution in [0.3, 0.4) is 0 Å². The van der Waals surface area contributed by atoms with Crippen LogP contribution in [0.1, 0.15) is 24.8 Å². The van der Waals surface area contributed by atoms with Crippen molar-refractivity contribution in [3.8, 4) is 0 Å². The monoisotopic (exact) mass is 329 g/mol. The van der Waals surface area contributed by atoms with Gasteiger partial charge in [-0.05, 0) is 38.3 Å². The molecule has 24 heavy (non-hydrogen) atoms. The molecule has 2 aliphatic rings. The molecule has 1 atom stereocenters. The molecule has 5 heteroatoms. The summed E-state index contributed by atoms with van der Waals surface area (Å²) in [6.07, 6.45) is 3.40. The normalized spacial score (nSPS) is 23.1. The highest BCUT2D eigenvalue weighted by atomic mass is 16.2. The zero-order valence-electron chi connectivity index (χ0n) is 14.6. The lowest BCUT2D eigenvalue weighted by Gasteiger charge is -2.37. The fourth-order valence-corrected chi connectivity index (χ4v) is 4.18. The van der Waals surface area contributed by atoms with E-state index in [0.717, 1.165) is 25.7 Å². The van der Waals surface area contributed by atoms with Crippen LogP contribution in [0.4, 0.5) is 0 Å². The molecule has 0 bridgehead atoms. The molecule has 2 fully saturated rings. The van der Waals surface area contributed by atoms with Crippen LogP contribution in [-0.4, -0.2) is 61.4 Å². The number of likely N-dealkylation sites (N-methyl/N-ethyl adjacent to an activating group) is 2.